The van der Waals surface area contributed by atoms with Gasteiger partial charge in [0.2, 0.25) is 5.91 Å². The summed E-state index contributed by atoms with van der Waals surface area (Å²) in [6.45, 7) is 0. The zero-order valence-electron chi connectivity index (χ0n) is 14.9. The number of nitrogens with one attached hydrogen (secondary N) is 1. The summed E-state index contributed by atoms with van der Waals surface area (Å²) in [5.74, 6) is 1.20. The Morgan fingerprint density at radius 3 is 2.63 bits per heavy atom. The van der Waals surface area contributed by atoms with Crippen molar-refractivity contribution in [1.82, 2.24) is 9.55 Å². The lowest BCUT2D eigenvalue weighted by Crippen LogP contribution is -2.25. The van der Waals surface area contributed by atoms with E-state index in [-0.39, 0.29) is 24.1 Å². The largest absolute Gasteiger partial charge is 0.497 e. The Kier molecular flexibility index (Phi) is 4.27. The Morgan fingerprint density at radius 2 is 1.93 bits per heavy atom. The zero-order valence-corrected chi connectivity index (χ0v) is 14.9. The van der Waals surface area contributed by atoms with E-state index in [2.05, 4.69) is 10.3 Å². The van der Waals surface area contributed by atoms with Crippen molar-refractivity contribution < 1.29 is 18.7 Å². The number of hydrogen-bond acceptors (Lipinski definition) is 4. The number of rotatable bonds is 4. The third-order valence-corrected chi connectivity index (χ3v) is 4.69. The summed E-state index contributed by atoms with van der Waals surface area (Å²) in [5, 5.41) is 2.88. The van der Waals surface area contributed by atoms with Crippen molar-refractivity contribution in [3.05, 3.63) is 65.9 Å². The smallest absolute Gasteiger partial charge is 0.226 e. The predicted octanol–water partition coefficient (Wildman–Crippen LogP) is 3.50. The number of anilines is 1. The third kappa shape index (κ3) is 3.01. The van der Waals surface area contributed by atoms with Crippen molar-refractivity contribution in [2.45, 2.75) is 12.3 Å². The van der Waals surface area contributed by atoms with Gasteiger partial charge in [-0.15, -0.1) is 0 Å². The molecule has 1 amide bonds. The van der Waals surface area contributed by atoms with Gasteiger partial charge in [0.15, 0.2) is 0 Å². The number of carbonyl (C=O) groups excluding carboxylic acids is 1. The van der Waals surface area contributed by atoms with Crippen molar-refractivity contribution in [2.75, 3.05) is 19.5 Å². The van der Waals surface area contributed by atoms with Gasteiger partial charge in [0.1, 0.15) is 29.5 Å². The minimum atomic E-state index is -0.322. The highest BCUT2D eigenvalue weighted by Crippen LogP contribution is 2.41. The van der Waals surface area contributed by atoms with E-state index < -0.39 is 0 Å². The van der Waals surface area contributed by atoms with Crippen LogP contribution in [0.15, 0.2) is 48.8 Å². The second-order valence-corrected chi connectivity index (χ2v) is 6.24. The predicted molar refractivity (Wildman–Crippen MR) is 98.2 cm³/mol. The Balaban J connectivity index is 1.81. The van der Waals surface area contributed by atoms with Crippen molar-refractivity contribution in [1.29, 1.82) is 0 Å². The number of halogens is 1. The minimum absolute atomic E-state index is 0.116. The van der Waals surface area contributed by atoms with Crippen molar-refractivity contribution in [3.63, 3.8) is 0 Å². The lowest BCUT2D eigenvalue weighted by Gasteiger charge is -2.25. The molecule has 1 atom stereocenters. The van der Waals surface area contributed by atoms with E-state index in [4.69, 9.17) is 9.47 Å². The molecule has 0 spiro atoms. The lowest BCUT2D eigenvalue weighted by atomic mass is 9.89. The molecule has 2 heterocycles. The molecule has 6 nitrogen and oxygen atoms in total. The van der Waals surface area contributed by atoms with Crippen LogP contribution in [0.2, 0.25) is 0 Å². The Bertz CT molecular complexity index is 998. The van der Waals surface area contributed by atoms with Gasteiger partial charge in [-0.3, -0.25) is 9.36 Å². The monoisotopic (exact) mass is 367 g/mol. The SMILES string of the molecule is COc1ccc([C@@H]2CC(=O)Nc3c2ncn3-c2ccc(F)cc2)c(OC)c1. The molecular formula is C20H18FN3O3. The van der Waals surface area contributed by atoms with E-state index in [1.165, 1.54) is 12.1 Å². The first-order valence-corrected chi connectivity index (χ1v) is 8.45. The summed E-state index contributed by atoms with van der Waals surface area (Å²) in [4.78, 5) is 16.9. The number of fused-ring (bicyclic) bond motifs is 1. The van der Waals surface area contributed by atoms with Crippen LogP contribution in [0.25, 0.3) is 5.69 Å². The maximum Gasteiger partial charge on any atom is 0.226 e. The molecule has 27 heavy (non-hydrogen) atoms. The molecule has 2 aromatic carbocycles. The first kappa shape index (κ1) is 17.1. The maximum atomic E-state index is 13.2. The number of imidazole rings is 1. The molecule has 0 saturated heterocycles. The van der Waals surface area contributed by atoms with Gasteiger partial charge >= 0.3 is 0 Å². The highest BCUT2D eigenvalue weighted by atomic mass is 19.1. The molecule has 3 aromatic rings. The molecule has 4 rings (SSSR count). The number of methoxy groups -OCH3 is 2. The molecule has 1 aromatic heterocycles. The average Bonchev–Trinajstić information content (AvgIpc) is 3.11. The summed E-state index contributed by atoms with van der Waals surface area (Å²) in [5.41, 5.74) is 2.31. The highest BCUT2D eigenvalue weighted by Gasteiger charge is 2.32. The quantitative estimate of drug-likeness (QED) is 0.766. The van der Waals surface area contributed by atoms with Crippen LogP contribution in [0, 0.1) is 5.82 Å². The van der Waals surface area contributed by atoms with E-state index in [9.17, 15) is 9.18 Å². The summed E-state index contributed by atoms with van der Waals surface area (Å²) in [6, 6.07) is 11.5. The molecule has 1 aliphatic rings. The number of aromatic nitrogens is 2. The molecule has 0 fully saturated rings. The van der Waals surface area contributed by atoms with Crippen LogP contribution in [0.5, 0.6) is 11.5 Å². The van der Waals surface area contributed by atoms with Crippen LogP contribution >= 0.6 is 0 Å². The first-order chi connectivity index (χ1) is 13.1. The van der Waals surface area contributed by atoms with Crippen LogP contribution < -0.4 is 14.8 Å². The fourth-order valence-corrected chi connectivity index (χ4v) is 3.37. The van der Waals surface area contributed by atoms with Crippen LogP contribution in [0.3, 0.4) is 0 Å². The molecule has 138 valence electrons. The number of hydrogen-bond donors (Lipinski definition) is 1. The fraction of sp³-hybridized carbons (Fsp3) is 0.200. The Labute approximate surface area is 155 Å². The van der Waals surface area contributed by atoms with Gasteiger partial charge < -0.3 is 14.8 Å². The standard InChI is InChI=1S/C20H18FN3O3/c1-26-14-7-8-15(17(9-14)27-2)16-10-18(25)23-20-19(16)22-11-24(20)13-5-3-12(21)4-6-13/h3-9,11,16H,10H2,1-2H3,(H,23,25)/t16-/m0/s1. The Morgan fingerprint density at radius 1 is 1.15 bits per heavy atom. The van der Waals surface area contributed by atoms with E-state index in [1.54, 1.807) is 43.3 Å². The molecule has 0 saturated carbocycles. The molecule has 0 unspecified atom stereocenters. The number of carbonyl (C=O) groups is 1. The minimum Gasteiger partial charge on any atom is -0.497 e. The van der Waals surface area contributed by atoms with Gasteiger partial charge in [0.05, 0.1) is 19.9 Å². The molecule has 0 radical (unpaired) electrons. The normalized spacial score (nSPS) is 15.8. The first-order valence-electron chi connectivity index (χ1n) is 8.45. The summed E-state index contributed by atoms with van der Waals surface area (Å²) >= 11 is 0. The fourth-order valence-electron chi connectivity index (χ4n) is 3.37. The van der Waals surface area contributed by atoms with Gasteiger partial charge in [-0.05, 0) is 30.3 Å². The molecule has 1 aliphatic heterocycles. The van der Waals surface area contributed by atoms with E-state index >= 15 is 0 Å². The summed E-state index contributed by atoms with van der Waals surface area (Å²) in [6.07, 6.45) is 1.89. The zero-order chi connectivity index (χ0) is 19.0. The van der Waals surface area contributed by atoms with Crippen LogP contribution in [-0.2, 0) is 4.79 Å². The number of ether oxygens (including phenoxy) is 2. The highest BCUT2D eigenvalue weighted by molar-refractivity contribution is 5.94. The number of nitrogens with zero attached hydrogens (tertiary/aromatic N) is 2. The van der Waals surface area contributed by atoms with Crippen molar-refractivity contribution in [2.24, 2.45) is 0 Å². The van der Waals surface area contributed by atoms with Gasteiger partial charge in [-0.25, -0.2) is 9.37 Å². The lowest BCUT2D eigenvalue weighted by molar-refractivity contribution is -0.116. The molecule has 0 bridgehead atoms. The molecule has 0 aliphatic carbocycles. The number of amides is 1. The van der Waals surface area contributed by atoms with Gasteiger partial charge in [0, 0.05) is 29.7 Å². The Hall–Kier alpha value is -3.35. The van der Waals surface area contributed by atoms with Crippen LogP contribution in [0.1, 0.15) is 23.6 Å². The van der Waals surface area contributed by atoms with E-state index in [0.717, 1.165) is 11.3 Å². The van der Waals surface area contributed by atoms with Crippen LogP contribution in [0.4, 0.5) is 10.2 Å². The summed E-state index contributed by atoms with van der Waals surface area (Å²) < 4.78 is 25.7. The van der Waals surface area contributed by atoms with Crippen molar-refractivity contribution in [3.8, 4) is 17.2 Å². The van der Waals surface area contributed by atoms with Gasteiger partial charge in [-0.1, -0.05) is 6.07 Å². The van der Waals surface area contributed by atoms with Gasteiger partial charge in [0.25, 0.3) is 0 Å². The van der Waals surface area contributed by atoms with Gasteiger partial charge in [-0.2, -0.15) is 0 Å². The topological polar surface area (TPSA) is 65.4 Å². The van der Waals surface area contributed by atoms with E-state index in [1.807, 2.05) is 12.1 Å². The number of benzene rings is 2. The molecular weight excluding hydrogens is 349 g/mol. The van der Waals surface area contributed by atoms with E-state index in [0.29, 0.717) is 23.0 Å². The van der Waals surface area contributed by atoms with Crippen LogP contribution in [-0.4, -0.2) is 29.7 Å². The van der Waals surface area contributed by atoms with Crippen molar-refractivity contribution >= 4 is 11.7 Å². The second kappa shape index (κ2) is 6.75. The maximum absolute atomic E-state index is 13.2. The average molecular weight is 367 g/mol. The summed E-state index contributed by atoms with van der Waals surface area (Å²) in [7, 11) is 3.17. The molecule has 7 heteroatoms. The molecule has 1 N–H and O–H groups in total. The second-order valence-electron chi connectivity index (χ2n) is 6.24. The third-order valence-electron chi connectivity index (χ3n) is 4.69.